The van der Waals surface area contributed by atoms with Crippen LogP contribution in [0, 0.1) is 12.3 Å². The largest absolute Gasteiger partial charge is 0.493 e. The maximum atomic E-state index is 12.7. The molecule has 0 saturated carbocycles. The number of fused-ring (bicyclic) bond motifs is 2. The molecule has 1 atom stereocenters. The quantitative estimate of drug-likeness (QED) is 0.634. The highest BCUT2D eigenvalue weighted by Gasteiger charge is 2.34. The van der Waals surface area contributed by atoms with Crippen LogP contribution in [0.15, 0.2) is 29.3 Å². The molecular formula is C17H16N2O3. The molecule has 0 spiro atoms. The van der Waals surface area contributed by atoms with Gasteiger partial charge in [-0.1, -0.05) is 18.1 Å². The zero-order valence-corrected chi connectivity index (χ0v) is 12.3. The molecule has 2 aliphatic heterocycles. The minimum Gasteiger partial charge on any atom is -0.493 e. The third kappa shape index (κ3) is 2.33. The SMILES string of the molecule is C#CCOc1cc2c(cc1OC)C(=O)N1CC(=C)C[C@H]1C=N2. The molecule has 1 aromatic carbocycles. The first-order valence-electron chi connectivity index (χ1n) is 6.94. The molecule has 0 N–H and O–H groups in total. The van der Waals surface area contributed by atoms with Crippen LogP contribution in [0.25, 0.3) is 0 Å². The monoisotopic (exact) mass is 296 g/mol. The molecule has 1 saturated heterocycles. The highest BCUT2D eigenvalue weighted by Crippen LogP contribution is 2.38. The van der Waals surface area contributed by atoms with Crippen LogP contribution >= 0.6 is 0 Å². The highest BCUT2D eigenvalue weighted by molar-refractivity contribution is 6.03. The van der Waals surface area contributed by atoms with Crippen molar-refractivity contribution < 1.29 is 14.3 Å². The smallest absolute Gasteiger partial charge is 0.257 e. The number of hydrogen-bond acceptors (Lipinski definition) is 4. The van der Waals surface area contributed by atoms with Gasteiger partial charge < -0.3 is 14.4 Å². The number of carbonyl (C=O) groups is 1. The van der Waals surface area contributed by atoms with Gasteiger partial charge in [0.1, 0.15) is 6.61 Å². The highest BCUT2D eigenvalue weighted by atomic mass is 16.5. The Morgan fingerprint density at radius 2 is 2.32 bits per heavy atom. The molecular weight excluding hydrogens is 280 g/mol. The number of carbonyl (C=O) groups excluding carboxylic acids is 1. The van der Waals surface area contributed by atoms with E-state index in [1.54, 1.807) is 23.2 Å². The zero-order chi connectivity index (χ0) is 15.7. The fourth-order valence-corrected chi connectivity index (χ4v) is 2.72. The summed E-state index contributed by atoms with van der Waals surface area (Å²) in [5, 5.41) is 0. The Hall–Kier alpha value is -2.74. The molecule has 5 nitrogen and oxygen atoms in total. The second-order valence-electron chi connectivity index (χ2n) is 5.25. The van der Waals surface area contributed by atoms with E-state index in [9.17, 15) is 4.79 Å². The summed E-state index contributed by atoms with van der Waals surface area (Å²) in [6, 6.07) is 3.31. The Balaban J connectivity index is 2.04. The predicted molar refractivity (Wildman–Crippen MR) is 84.1 cm³/mol. The van der Waals surface area contributed by atoms with Gasteiger partial charge in [-0.25, -0.2) is 0 Å². The Labute approximate surface area is 129 Å². The van der Waals surface area contributed by atoms with Crippen molar-refractivity contribution in [1.82, 2.24) is 4.90 Å². The van der Waals surface area contributed by atoms with Gasteiger partial charge >= 0.3 is 0 Å². The third-order valence-electron chi connectivity index (χ3n) is 3.76. The normalized spacial score (nSPS) is 19.3. The van der Waals surface area contributed by atoms with E-state index in [2.05, 4.69) is 17.5 Å². The van der Waals surface area contributed by atoms with Crippen LogP contribution in [0.5, 0.6) is 11.5 Å². The van der Waals surface area contributed by atoms with Crippen molar-refractivity contribution in [3.8, 4) is 23.8 Å². The van der Waals surface area contributed by atoms with E-state index in [-0.39, 0.29) is 18.6 Å². The van der Waals surface area contributed by atoms with Gasteiger partial charge in [0.25, 0.3) is 5.91 Å². The average Bonchev–Trinajstić information content (AvgIpc) is 2.85. The van der Waals surface area contributed by atoms with Gasteiger partial charge in [-0.3, -0.25) is 9.79 Å². The lowest BCUT2D eigenvalue weighted by Gasteiger charge is -2.20. The summed E-state index contributed by atoms with van der Waals surface area (Å²) in [5.74, 6) is 3.28. The molecule has 2 heterocycles. The maximum Gasteiger partial charge on any atom is 0.257 e. The van der Waals surface area contributed by atoms with Crippen LogP contribution in [-0.2, 0) is 0 Å². The van der Waals surface area contributed by atoms with Crippen molar-refractivity contribution in [3.05, 3.63) is 29.8 Å². The summed E-state index contributed by atoms with van der Waals surface area (Å²) in [6.07, 6.45) is 7.76. The average molecular weight is 296 g/mol. The van der Waals surface area contributed by atoms with Gasteiger partial charge in [0, 0.05) is 18.8 Å². The lowest BCUT2D eigenvalue weighted by Crippen LogP contribution is -2.35. The van der Waals surface area contributed by atoms with Crippen molar-refractivity contribution in [3.63, 3.8) is 0 Å². The molecule has 0 bridgehead atoms. The first-order valence-corrected chi connectivity index (χ1v) is 6.94. The molecule has 5 heteroatoms. The number of benzene rings is 1. The van der Waals surface area contributed by atoms with Crippen molar-refractivity contribution in [2.24, 2.45) is 4.99 Å². The summed E-state index contributed by atoms with van der Waals surface area (Å²) in [5.41, 5.74) is 2.10. The van der Waals surface area contributed by atoms with E-state index >= 15 is 0 Å². The molecule has 1 amide bonds. The molecule has 1 fully saturated rings. The van der Waals surface area contributed by atoms with Crippen LogP contribution < -0.4 is 9.47 Å². The Bertz CT molecular complexity index is 715. The topological polar surface area (TPSA) is 51.1 Å². The van der Waals surface area contributed by atoms with E-state index in [4.69, 9.17) is 15.9 Å². The molecule has 0 unspecified atom stereocenters. The summed E-state index contributed by atoms with van der Waals surface area (Å²) in [7, 11) is 1.52. The lowest BCUT2D eigenvalue weighted by molar-refractivity contribution is 0.0777. The van der Waals surface area contributed by atoms with Crippen molar-refractivity contribution in [2.45, 2.75) is 12.5 Å². The van der Waals surface area contributed by atoms with Crippen LogP contribution in [-0.4, -0.2) is 43.3 Å². The second kappa shape index (κ2) is 5.57. The lowest BCUT2D eigenvalue weighted by atomic mass is 10.1. The van der Waals surface area contributed by atoms with E-state index in [1.807, 2.05) is 0 Å². The number of aliphatic imine (C=N–C) groups is 1. The van der Waals surface area contributed by atoms with Crippen LogP contribution in [0.1, 0.15) is 16.8 Å². The summed E-state index contributed by atoms with van der Waals surface area (Å²) < 4.78 is 10.8. The van der Waals surface area contributed by atoms with Gasteiger partial charge in [0.15, 0.2) is 11.5 Å². The molecule has 22 heavy (non-hydrogen) atoms. The minimum absolute atomic E-state index is 0.0338. The Kier molecular flexibility index (Phi) is 3.60. The molecule has 112 valence electrons. The molecule has 1 aromatic rings. The number of rotatable bonds is 3. The third-order valence-corrected chi connectivity index (χ3v) is 3.76. The number of ether oxygens (including phenoxy) is 2. The van der Waals surface area contributed by atoms with E-state index in [1.165, 1.54) is 7.11 Å². The predicted octanol–water partition coefficient (Wildman–Crippen LogP) is 2.19. The van der Waals surface area contributed by atoms with Crippen molar-refractivity contribution in [1.29, 1.82) is 0 Å². The van der Waals surface area contributed by atoms with Crippen molar-refractivity contribution in [2.75, 3.05) is 20.3 Å². The van der Waals surface area contributed by atoms with Gasteiger partial charge in [0.05, 0.1) is 24.4 Å². The van der Waals surface area contributed by atoms with Crippen molar-refractivity contribution >= 4 is 17.8 Å². The number of amides is 1. The fourth-order valence-electron chi connectivity index (χ4n) is 2.72. The fraction of sp³-hybridized carbons (Fsp3) is 0.294. The van der Waals surface area contributed by atoms with Crippen LogP contribution in [0.2, 0.25) is 0 Å². The Morgan fingerprint density at radius 3 is 3.05 bits per heavy atom. The van der Waals surface area contributed by atoms with Crippen LogP contribution in [0.3, 0.4) is 0 Å². The number of methoxy groups -OCH3 is 1. The first-order chi connectivity index (χ1) is 10.6. The number of nitrogens with zero attached hydrogens (tertiary/aromatic N) is 2. The van der Waals surface area contributed by atoms with Crippen LogP contribution in [0.4, 0.5) is 5.69 Å². The molecule has 0 radical (unpaired) electrons. The minimum atomic E-state index is -0.0713. The second-order valence-corrected chi connectivity index (χ2v) is 5.25. The first kappa shape index (κ1) is 14.2. The molecule has 0 aliphatic carbocycles. The molecule has 0 aromatic heterocycles. The number of terminal acetylenes is 1. The summed E-state index contributed by atoms with van der Waals surface area (Å²) in [4.78, 5) is 19.0. The van der Waals surface area contributed by atoms with Gasteiger partial charge in [-0.2, -0.15) is 0 Å². The van der Waals surface area contributed by atoms with Gasteiger partial charge in [0.2, 0.25) is 0 Å². The number of hydrogen-bond donors (Lipinski definition) is 0. The zero-order valence-electron chi connectivity index (χ0n) is 12.3. The van der Waals surface area contributed by atoms with E-state index in [0.717, 1.165) is 12.0 Å². The summed E-state index contributed by atoms with van der Waals surface area (Å²) >= 11 is 0. The van der Waals surface area contributed by atoms with E-state index in [0.29, 0.717) is 29.3 Å². The molecule has 2 aliphatic rings. The summed E-state index contributed by atoms with van der Waals surface area (Å²) in [6.45, 7) is 4.65. The Morgan fingerprint density at radius 1 is 1.50 bits per heavy atom. The van der Waals surface area contributed by atoms with Gasteiger partial charge in [-0.15, -0.1) is 6.42 Å². The standard InChI is InChI=1S/C17H16N2O3/c1-4-5-22-16-8-14-13(7-15(16)21-3)17(20)19-10-11(2)6-12(19)9-18-14/h1,7-9,12H,2,5-6,10H2,3H3/t12-/m0/s1. The van der Waals surface area contributed by atoms with Gasteiger partial charge in [-0.05, 0) is 12.5 Å². The molecule has 3 rings (SSSR count). The maximum absolute atomic E-state index is 12.7. The van der Waals surface area contributed by atoms with E-state index < -0.39 is 0 Å².